The van der Waals surface area contributed by atoms with Crippen LogP contribution in [-0.2, 0) is 16.0 Å². The lowest BCUT2D eigenvalue weighted by Gasteiger charge is -2.19. The van der Waals surface area contributed by atoms with E-state index in [1.807, 2.05) is 61.7 Å². The Morgan fingerprint density at radius 2 is 1.83 bits per heavy atom. The molecule has 2 N–H and O–H groups in total. The average molecular weight is 404 g/mol. The Kier molecular flexibility index (Phi) is 5.27. The summed E-state index contributed by atoms with van der Waals surface area (Å²) in [4.78, 5) is 43.4. The fourth-order valence-electron chi connectivity index (χ4n) is 3.79. The summed E-state index contributed by atoms with van der Waals surface area (Å²) in [6.45, 7) is 3.78. The van der Waals surface area contributed by atoms with Gasteiger partial charge in [0.25, 0.3) is 5.91 Å². The van der Waals surface area contributed by atoms with Crippen LogP contribution in [0.3, 0.4) is 0 Å². The number of aromatic amines is 1. The maximum Gasteiger partial charge on any atom is 0.332 e. The average Bonchev–Trinajstić information content (AvgIpc) is 3.24. The normalized spacial score (nSPS) is 16.5. The molecule has 1 atom stereocenters. The minimum absolute atomic E-state index is 0.280. The Labute approximate surface area is 174 Å². The number of fused-ring (bicyclic) bond motifs is 1. The summed E-state index contributed by atoms with van der Waals surface area (Å²) in [6, 6.07) is 14.3. The number of rotatable bonds is 6. The fourth-order valence-corrected chi connectivity index (χ4v) is 3.79. The third-order valence-electron chi connectivity index (χ3n) is 5.45. The highest BCUT2D eigenvalue weighted by molar-refractivity contribution is 6.15. The quantitative estimate of drug-likeness (QED) is 0.620. The molecule has 4 rings (SSSR count). The summed E-state index contributed by atoms with van der Waals surface area (Å²) in [6.07, 6.45) is 2.59. The Balaban J connectivity index is 1.36. The molecule has 1 aliphatic rings. The number of aryl methyl sites for hydroxylation is 1. The number of benzene rings is 2. The minimum atomic E-state index is -0.640. The van der Waals surface area contributed by atoms with Gasteiger partial charge in [-0.15, -0.1) is 0 Å². The number of hydrogen-bond acceptors (Lipinski definition) is 3. The molecule has 2 aromatic carbocycles. The zero-order valence-electron chi connectivity index (χ0n) is 17.0. The van der Waals surface area contributed by atoms with Crippen LogP contribution < -0.4 is 10.2 Å². The van der Waals surface area contributed by atoms with Gasteiger partial charge in [0.05, 0.1) is 0 Å². The molecule has 0 radical (unpaired) electrons. The van der Waals surface area contributed by atoms with E-state index in [2.05, 4.69) is 10.3 Å². The van der Waals surface area contributed by atoms with Crippen molar-refractivity contribution < 1.29 is 14.4 Å². The number of urea groups is 1. The smallest absolute Gasteiger partial charge is 0.332 e. The molecule has 1 fully saturated rings. The van der Waals surface area contributed by atoms with Crippen LogP contribution in [0, 0.1) is 6.92 Å². The van der Waals surface area contributed by atoms with Crippen molar-refractivity contribution >= 4 is 34.4 Å². The van der Waals surface area contributed by atoms with Crippen LogP contribution in [0.25, 0.3) is 10.9 Å². The maximum atomic E-state index is 12.8. The van der Waals surface area contributed by atoms with Crippen molar-refractivity contribution in [3.8, 4) is 0 Å². The highest BCUT2D eigenvalue weighted by Crippen LogP contribution is 2.26. The van der Waals surface area contributed by atoms with Crippen molar-refractivity contribution in [2.75, 3.05) is 18.0 Å². The number of amides is 4. The maximum absolute atomic E-state index is 12.8. The van der Waals surface area contributed by atoms with Gasteiger partial charge in [0.2, 0.25) is 5.91 Å². The van der Waals surface area contributed by atoms with Gasteiger partial charge >= 0.3 is 6.03 Å². The topological polar surface area (TPSA) is 85.5 Å². The summed E-state index contributed by atoms with van der Waals surface area (Å²) in [5.74, 6) is -0.721. The van der Waals surface area contributed by atoms with Crippen molar-refractivity contribution in [2.24, 2.45) is 0 Å². The molecule has 1 aliphatic heterocycles. The predicted octanol–water partition coefficient (Wildman–Crippen LogP) is 2.99. The van der Waals surface area contributed by atoms with E-state index in [0.29, 0.717) is 18.7 Å². The molecule has 0 unspecified atom stereocenters. The predicted molar refractivity (Wildman–Crippen MR) is 115 cm³/mol. The van der Waals surface area contributed by atoms with E-state index >= 15 is 0 Å². The SMILES string of the molecule is Cc1ccc(N2C(=O)N(CC(=O)NCCc3c[nH]c4ccccc34)C(=O)[C@H]2C)cc1. The van der Waals surface area contributed by atoms with Gasteiger partial charge in [-0.1, -0.05) is 35.9 Å². The largest absolute Gasteiger partial charge is 0.361 e. The summed E-state index contributed by atoms with van der Waals surface area (Å²) < 4.78 is 0. The number of carbonyl (C=O) groups excluding carboxylic acids is 3. The minimum Gasteiger partial charge on any atom is -0.361 e. The van der Waals surface area contributed by atoms with Crippen molar-refractivity contribution in [3.05, 3.63) is 65.9 Å². The van der Waals surface area contributed by atoms with Crippen LogP contribution in [0.1, 0.15) is 18.1 Å². The lowest BCUT2D eigenvalue weighted by atomic mass is 10.1. The number of anilines is 1. The van der Waals surface area contributed by atoms with Crippen molar-refractivity contribution in [1.82, 2.24) is 15.2 Å². The van der Waals surface area contributed by atoms with Crippen molar-refractivity contribution in [3.63, 3.8) is 0 Å². The molecule has 0 saturated carbocycles. The van der Waals surface area contributed by atoms with Crippen LogP contribution in [0.2, 0.25) is 0 Å². The second-order valence-electron chi connectivity index (χ2n) is 7.55. The number of nitrogens with one attached hydrogen (secondary N) is 2. The van der Waals surface area contributed by atoms with Gasteiger partial charge in [-0.05, 0) is 44.0 Å². The highest BCUT2D eigenvalue weighted by atomic mass is 16.2. The Morgan fingerprint density at radius 1 is 1.10 bits per heavy atom. The first kappa shape index (κ1) is 19.7. The molecule has 30 heavy (non-hydrogen) atoms. The molecule has 4 amide bonds. The van der Waals surface area contributed by atoms with Gasteiger partial charge in [0.1, 0.15) is 12.6 Å². The number of para-hydroxylation sites is 1. The van der Waals surface area contributed by atoms with E-state index in [0.717, 1.165) is 26.9 Å². The highest BCUT2D eigenvalue weighted by Gasteiger charge is 2.43. The van der Waals surface area contributed by atoms with Crippen LogP contribution in [-0.4, -0.2) is 46.9 Å². The number of H-pyrrole nitrogens is 1. The molecular formula is C23H24N4O3. The molecule has 3 aromatic rings. The first-order valence-electron chi connectivity index (χ1n) is 9.98. The number of hydrogen-bond donors (Lipinski definition) is 2. The number of nitrogens with zero attached hydrogens (tertiary/aromatic N) is 2. The summed E-state index contributed by atoms with van der Waals surface area (Å²) in [5, 5.41) is 3.94. The van der Waals surface area contributed by atoms with Crippen LogP contribution in [0.4, 0.5) is 10.5 Å². The molecular weight excluding hydrogens is 380 g/mol. The van der Waals surface area contributed by atoms with Crippen molar-refractivity contribution in [2.45, 2.75) is 26.3 Å². The van der Waals surface area contributed by atoms with E-state index in [1.54, 1.807) is 6.92 Å². The van der Waals surface area contributed by atoms with E-state index in [4.69, 9.17) is 0 Å². The first-order chi connectivity index (χ1) is 14.5. The molecule has 1 saturated heterocycles. The van der Waals surface area contributed by atoms with Gasteiger partial charge in [0, 0.05) is 29.3 Å². The summed E-state index contributed by atoms with van der Waals surface area (Å²) in [7, 11) is 0. The van der Waals surface area contributed by atoms with E-state index in [1.165, 1.54) is 4.90 Å². The molecule has 7 nitrogen and oxygen atoms in total. The van der Waals surface area contributed by atoms with Crippen LogP contribution >= 0.6 is 0 Å². The van der Waals surface area contributed by atoms with Gasteiger partial charge in [-0.2, -0.15) is 0 Å². The lowest BCUT2D eigenvalue weighted by molar-refractivity contribution is -0.131. The van der Waals surface area contributed by atoms with Gasteiger partial charge in [0.15, 0.2) is 0 Å². The third-order valence-corrected chi connectivity index (χ3v) is 5.45. The molecule has 154 valence electrons. The van der Waals surface area contributed by atoms with Gasteiger partial charge < -0.3 is 10.3 Å². The standard InChI is InChI=1S/C23H24N4O3/c1-15-7-9-18(10-8-15)27-16(2)22(29)26(23(27)30)14-21(28)24-12-11-17-13-25-20-6-4-3-5-19(17)20/h3-10,13,16,25H,11-12,14H2,1-2H3,(H,24,28)/t16-/m1/s1. The molecule has 0 bridgehead atoms. The third kappa shape index (κ3) is 3.66. The van der Waals surface area contributed by atoms with Gasteiger partial charge in [-0.25, -0.2) is 4.79 Å². The van der Waals surface area contributed by atoms with E-state index in [-0.39, 0.29) is 18.4 Å². The molecule has 0 spiro atoms. The Morgan fingerprint density at radius 3 is 2.60 bits per heavy atom. The van der Waals surface area contributed by atoms with Gasteiger partial charge in [-0.3, -0.25) is 19.4 Å². The van der Waals surface area contributed by atoms with Crippen LogP contribution in [0.15, 0.2) is 54.7 Å². The molecule has 2 heterocycles. The van der Waals surface area contributed by atoms with E-state index in [9.17, 15) is 14.4 Å². The second-order valence-corrected chi connectivity index (χ2v) is 7.55. The Bertz CT molecular complexity index is 1100. The first-order valence-corrected chi connectivity index (χ1v) is 9.98. The summed E-state index contributed by atoms with van der Waals surface area (Å²) >= 11 is 0. The van der Waals surface area contributed by atoms with E-state index < -0.39 is 12.1 Å². The lowest BCUT2D eigenvalue weighted by Crippen LogP contribution is -2.42. The zero-order valence-corrected chi connectivity index (χ0v) is 17.0. The zero-order chi connectivity index (χ0) is 21.3. The fraction of sp³-hybridized carbons (Fsp3) is 0.261. The summed E-state index contributed by atoms with van der Waals surface area (Å²) in [5.41, 5.74) is 3.88. The number of aromatic nitrogens is 1. The number of imide groups is 1. The molecule has 7 heteroatoms. The number of carbonyl (C=O) groups is 3. The van der Waals surface area contributed by atoms with Crippen LogP contribution in [0.5, 0.6) is 0 Å². The molecule has 1 aromatic heterocycles. The van der Waals surface area contributed by atoms with Crippen molar-refractivity contribution in [1.29, 1.82) is 0 Å². The molecule has 0 aliphatic carbocycles. The Hall–Kier alpha value is -3.61. The second kappa shape index (κ2) is 8.02. The monoisotopic (exact) mass is 404 g/mol.